The van der Waals surface area contributed by atoms with E-state index in [2.05, 4.69) is 10.5 Å². The summed E-state index contributed by atoms with van der Waals surface area (Å²) >= 11 is 0. The second-order valence-corrected chi connectivity index (χ2v) is 8.48. The number of aromatic nitrogens is 1. The Morgan fingerprint density at radius 1 is 1.37 bits per heavy atom. The Morgan fingerprint density at radius 2 is 2.15 bits per heavy atom. The van der Waals surface area contributed by atoms with Crippen molar-refractivity contribution in [3.63, 3.8) is 0 Å². The molecule has 8 heteroatoms. The van der Waals surface area contributed by atoms with Gasteiger partial charge in [-0.1, -0.05) is 35.5 Å². The van der Waals surface area contributed by atoms with E-state index in [-0.39, 0.29) is 17.5 Å². The van der Waals surface area contributed by atoms with Crippen LogP contribution in [0.5, 0.6) is 0 Å². The first-order chi connectivity index (χ1) is 12.9. The van der Waals surface area contributed by atoms with Crippen LogP contribution in [0.1, 0.15) is 34.7 Å². The average Bonchev–Trinajstić information content (AvgIpc) is 3.12. The fourth-order valence-electron chi connectivity index (χ4n) is 3.04. The van der Waals surface area contributed by atoms with Gasteiger partial charge in [0.15, 0.2) is 5.69 Å². The second kappa shape index (κ2) is 8.49. The minimum Gasteiger partial charge on any atom is -0.361 e. The van der Waals surface area contributed by atoms with Gasteiger partial charge in [0.1, 0.15) is 5.76 Å². The molecule has 1 fully saturated rings. The Bertz CT molecular complexity index is 906. The monoisotopic (exact) mass is 389 g/mol. The van der Waals surface area contributed by atoms with E-state index in [1.54, 1.807) is 19.1 Å². The molecule has 1 aromatic heterocycles. The number of aryl methyl sites for hydroxylation is 1. The second-order valence-electron chi connectivity index (χ2n) is 6.66. The van der Waals surface area contributed by atoms with Crippen molar-refractivity contribution >= 4 is 22.0 Å². The van der Waals surface area contributed by atoms with E-state index in [1.807, 2.05) is 30.3 Å². The molecule has 3 rings (SSSR count). The van der Waals surface area contributed by atoms with E-state index in [0.29, 0.717) is 25.4 Å². The summed E-state index contributed by atoms with van der Waals surface area (Å²) < 4.78 is 31.6. The van der Waals surface area contributed by atoms with E-state index in [9.17, 15) is 13.2 Å². The van der Waals surface area contributed by atoms with Crippen LogP contribution in [0.2, 0.25) is 0 Å². The predicted molar refractivity (Wildman–Crippen MR) is 102 cm³/mol. The van der Waals surface area contributed by atoms with Crippen LogP contribution in [0.4, 0.5) is 0 Å². The molecule has 1 atom stereocenters. The summed E-state index contributed by atoms with van der Waals surface area (Å²) in [6, 6.07) is 10.9. The summed E-state index contributed by atoms with van der Waals surface area (Å²) in [6.45, 7) is 3.00. The van der Waals surface area contributed by atoms with Gasteiger partial charge in [-0.25, -0.2) is 8.42 Å². The molecule has 1 aliphatic rings. The molecule has 1 N–H and O–H groups in total. The number of carbonyl (C=O) groups is 1. The van der Waals surface area contributed by atoms with Gasteiger partial charge in [0.25, 0.3) is 5.91 Å². The minimum atomic E-state index is -3.49. The zero-order valence-corrected chi connectivity index (χ0v) is 16.0. The summed E-state index contributed by atoms with van der Waals surface area (Å²) in [6.07, 6.45) is 3.24. The maximum Gasteiger partial charge on any atom is 0.273 e. The quantitative estimate of drug-likeness (QED) is 0.819. The van der Waals surface area contributed by atoms with E-state index >= 15 is 0 Å². The maximum atomic E-state index is 12.6. The highest BCUT2D eigenvalue weighted by molar-refractivity contribution is 7.92. The molecule has 0 unspecified atom stereocenters. The lowest BCUT2D eigenvalue weighted by Gasteiger charge is -2.31. The number of carbonyl (C=O) groups excluding carboxylic acids is 1. The molecule has 0 saturated carbocycles. The number of nitrogens with one attached hydrogen (secondary N) is 1. The third-order valence-corrected chi connectivity index (χ3v) is 6.02. The Kier molecular flexibility index (Phi) is 6.08. The summed E-state index contributed by atoms with van der Waals surface area (Å²) in [4.78, 5) is 12.1. The van der Waals surface area contributed by atoms with Crippen molar-refractivity contribution < 1.29 is 17.7 Å². The lowest BCUT2D eigenvalue weighted by atomic mass is 10.00. The largest absolute Gasteiger partial charge is 0.361 e. The Balaban J connectivity index is 1.56. The van der Waals surface area contributed by atoms with Crippen molar-refractivity contribution in [1.29, 1.82) is 0 Å². The molecule has 0 radical (unpaired) electrons. The van der Waals surface area contributed by atoms with Gasteiger partial charge in [-0.3, -0.25) is 4.79 Å². The topological polar surface area (TPSA) is 92.5 Å². The van der Waals surface area contributed by atoms with Gasteiger partial charge < -0.3 is 9.84 Å². The van der Waals surface area contributed by atoms with Crippen LogP contribution in [0.25, 0.3) is 6.08 Å². The van der Waals surface area contributed by atoms with Gasteiger partial charge >= 0.3 is 0 Å². The van der Waals surface area contributed by atoms with Crippen molar-refractivity contribution in [2.75, 3.05) is 19.6 Å². The standard InChI is InChI=1S/C19H23N3O4S/c1-15-12-18(21-26-15)19(23)20-13-17-8-5-10-22(14-17)27(24,25)11-9-16-6-3-2-4-7-16/h2-4,6-7,9,11-12,17H,5,8,10,13-14H2,1H3,(H,20,23)/b11-9+/t17-/m1/s1. The Labute approximate surface area is 159 Å². The molecule has 1 aliphatic heterocycles. The van der Waals surface area contributed by atoms with Gasteiger partial charge in [0.2, 0.25) is 10.0 Å². The highest BCUT2D eigenvalue weighted by Crippen LogP contribution is 2.20. The van der Waals surface area contributed by atoms with Crippen molar-refractivity contribution in [2.45, 2.75) is 19.8 Å². The molecule has 1 aromatic carbocycles. The molecule has 27 heavy (non-hydrogen) atoms. The first-order valence-corrected chi connectivity index (χ1v) is 10.4. The van der Waals surface area contributed by atoms with Crippen molar-refractivity contribution in [1.82, 2.24) is 14.8 Å². The van der Waals surface area contributed by atoms with Gasteiger partial charge in [-0.2, -0.15) is 4.31 Å². The van der Waals surface area contributed by atoms with Crippen LogP contribution in [-0.4, -0.2) is 43.4 Å². The van der Waals surface area contributed by atoms with Gasteiger partial charge in [0, 0.05) is 31.1 Å². The third-order valence-electron chi connectivity index (χ3n) is 4.49. The number of benzene rings is 1. The molecule has 0 spiro atoms. The van der Waals surface area contributed by atoms with Crippen molar-refractivity contribution in [2.24, 2.45) is 5.92 Å². The summed E-state index contributed by atoms with van der Waals surface area (Å²) in [5.74, 6) is 0.326. The maximum absolute atomic E-state index is 12.6. The highest BCUT2D eigenvalue weighted by atomic mass is 32.2. The van der Waals surface area contributed by atoms with Crippen LogP contribution >= 0.6 is 0 Å². The molecule has 2 heterocycles. The predicted octanol–water partition coefficient (Wildman–Crippen LogP) is 2.43. The molecule has 1 amide bonds. The van der Waals surface area contributed by atoms with Crippen LogP contribution in [0.15, 0.2) is 46.3 Å². The van der Waals surface area contributed by atoms with Gasteiger partial charge in [-0.05, 0) is 37.3 Å². The van der Waals surface area contributed by atoms with E-state index in [1.165, 1.54) is 9.71 Å². The summed E-state index contributed by atoms with van der Waals surface area (Å²) in [5, 5.41) is 7.75. The fourth-order valence-corrected chi connectivity index (χ4v) is 4.34. The highest BCUT2D eigenvalue weighted by Gasteiger charge is 2.27. The number of hydrogen-bond acceptors (Lipinski definition) is 5. The van der Waals surface area contributed by atoms with Crippen LogP contribution in [-0.2, 0) is 10.0 Å². The lowest BCUT2D eigenvalue weighted by Crippen LogP contribution is -2.43. The van der Waals surface area contributed by atoms with Crippen molar-refractivity contribution in [3.05, 3.63) is 58.8 Å². The molecule has 1 saturated heterocycles. The molecule has 7 nitrogen and oxygen atoms in total. The molecule has 144 valence electrons. The van der Waals surface area contributed by atoms with Gasteiger partial charge in [0.05, 0.1) is 0 Å². The number of hydrogen-bond donors (Lipinski definition) is 1. The third kappa shape index (κ3) is 5.27. The number of piperidine rings is 1. The number of sulfonamides is 1. The van der Waals surface area contributed by atoms with E-state index in [4.69, 9.17) is 4.52 Å². The number of nitrogens with zero attached hydrogens (tertiary/aromatic N) is 2. The molecule has 2 aromatic rings. The van der Waals surface area contributed by atoms with Gasteiger partial charge in [-0.15, -0.1) is 0 Å². The average molecular weight is 389 g/mol. The molecule has 0 aliphatic carbocycles. The molecular weight excluding hydrogens is 366 g/mol. The zero-order valence-electron chi connectivity index (χ0n) is 15.2. The lowest BCUT2D eigenvalue weighted by molar-refractivity contribution is 0.0932. The summed E-state index contributed by atoms with van der Waals surface area (Å²) in [7, 11) is -3.49. The van der Waals surface area contributed by atoms with Crippen LogP contribution in [0, 0.1) is 12.8 Å². The summed E-state index contributed by atoms with van der Waals surface area (Å²) in [5.41, 5.74) is 1.07. The van der Waals surface area contributed by atoms with E-state index in [0.717, 1.165) is 18.4 Å². The van der Waals surface area contributed by atoms with Crippen molar-refractivity contribution in [3.8, 4) is 0 Å². The smallest absolute Gasteiger partial charge is 0.273 e. The first kappa shape index (κ1) is 19.3. The molecular formula is C19H23N3O4S. The minimum absolute atomic E-state index is 0.0654. The normalized spacial score (nSPS) is 18.6. The Morgan fingerprint density at radius 3 is 2.85 bits per heavy atom. The fraction of sp³-hybridized carbons (Fsp3) is 0.368. The zero-order chi connectivity index (χ0) is 19.3. The first-order valence-electron chi connectivity index (χ1n) is 8.89. The molecule has 0 bridgehead atoms. The van der Waals surface area contributed by atoms with Crippen LogP contribution < -0.4 is 5.32 Å². The van der Waals surface area contributed by atoms with E-state index < -0.39 is 10.0 Å². The van der Waals surface area contributed by atoms with Crippen LogP contribution in [0.3, 0.4) is 0 Å². The number of rotatable bonds is 6. The SMILES string of the molecule is Cc1cc(C(=O)NC[C@H]2CCCN(S(=O)(=O)/C=C/c3ccccc3)C2)no1. The number of amides is 1. The Hall–Kier alpha value is -2.45.